The van der Waals surface area contributed by atoms with Gasteiger partial charge in [0.1, 0.15) is 0 Å². The molecule has 2 N–H and O–H groups in total. The molecule has 0 amide bonds. The minimum atomic E-state index is -3.75. The normalized spacial score (nSPS) is 27.1. The van der Waals surface area contributed by atoms with Gasteiger partial charge in [-0.05, 0) is 19.8 Å². The van der Waals surface area contributed by atoms with Crippen LogP contribution in [0.2, 0.25) is 0 Å². The maximum absolute atomic E-state index is 11.7. The van der Waals surface area contributed by atoms with Gasteiger partial charge in [-0.25, -0.2) is 13.1 Å². The molecular formula is C10H16N2O4S. The van der Waals surface area contributed by atoms with Crippen LogP contribution in [-0.4, -0.2) is 30.8 Å². The summed E-state index contributed by atoms with van der Waals surface area (Å²) in [4.78, 5) is 11.0. The number of carbonyl (C=O) groups is 1. The topological polar surface area (TPSA) is 107 Å². The smallest absolute Gasteiger partial charge is 0.308 e. The molecule has 0 radical (unpaired) electrons. The van der Waals surface area contributed by atoms with Crippen molar-refractivity contribution in [3.63, 3.8) is 0 Å². The summed E-state index contributed by atoms with van der Waals surface area (Å²) >= 11 is 0. The average Bonchev–Trinajstić information content (AvgIpc) is 2.27. The highest BCUT2D eigenvalue weighted by Crippen LogP contribution is 2.25. The fraction of sp³-hybridized carbons (Fsp3) is 0.800. The van der Waals surface area contributed by atoms with Crippen LogP contribution >= 0.6 is 0 Å². The van der Waals surface area contributed by atoms with E-state index in [9.17, 15) is 13.2 Å². The average molecular weight is 260 g/mol. The number of hydrogen-bond acceptors (Lipinski definition) is 4. The number of carboxylic acid groups (broad SMARTS) is 1. The van der Waals surface area contributed by atoms with E-state index in [0.717, 1.165) is 12.8 Å². The third-order valence-corrected chi connectivity index (χ3v) is 4.71. The van der Waals surface area contributed by atoms with Crippen molar-refractivity contribution in [1.29, 1.82) is 5.26 Å². The summed E-state index contributed by atoms with van der Waals surface area (Å²) in [6.45, 7) is 1.28. The number of sulfonamides is 1. The Morgan fingerprint density at radius 3 is 2.59 bits per heavy atom. The van der Waals surface area contributed by atoms with E-state index in [1.54, 1.807) is 6.07 Å². The van der Waals surface area contributed by atoms with Gasteiger partial charge < -0.3 is 5.11 Å². The van der Waals surface area contributed by atoms with Crippen LogP contribution in [-0.2, 0) is 14.8 Å². The molecule has 1 rings (SSSR count). The van der Waals surface area contributed by atoms with Crippen molar-refractivity contribution in [2.45, 2.75) is 43.9 Å². The third kappa shape index (κ3) is 3.41. The van der Waals surface area contributed by atoms with Crippen molar-refractivity contribution < 1.29 is 18.3 Å². The number of rotatable bonds is 4. The molecule has 17 heavy (non-hydrogen) atoms. The molecule has 1 saturated carbocycles. The quantitative estimate of drug-likeness (QED) is 0.763. The number of nitrogens with zero attached hydrogens (tertiary/aromatic N) is 1. The Balaban J connectivity index is 2.79. The van der Waals surface area contributed by atoms with Crippen molar-refractivity contribution in [2.24, 2.45) is 5.92 Å². The summed E-state index contributed by atoms with van der Waals surface area (Å²) in [5.41, 5.74) is 0. The first-order valence-electron chi connectivity index (χ1n) is 5.52. The van der Waals surface area contributed by atoms with Crippen molar-refractivity contribution in [3.05, 3.63) is 0 Å². The molecule has 0 aromatic rings. The lowest BCUT2D eigenvalue weighted by atomic mass is 9.85. The fourth-order valence-corrected chi connectivity index (χ4v) is 3.00. The number of carboxylic acids is 1. The predicted molar refractivity (Wildman–Crippen MR) is 60.5 cm³/mol. The first kappa shape index (κ1) is 13.9. The van der Waals surface area contributed by atoms with Gasteiger partial charge in [-0.15, -0.1) is 0 Å². The molecule has 0 aromatic heterocycles. The highest BCUT2D eigenvalue weighted by molar-refractivity contribution is 7.90. The Labute approximate surface area is 101 Å². The minimum absolute atomic E-state index is 0.476. The molecule has 3 unspecified atom stereocenters. The van der Waals surface area contributed by atoms with Crippen LogP contribution < -0.4 is 4.72 Å². The Kier molecular flexibility index (Phi) is 4.48. The number of nitriles is 1. The Bertz CT molecular complexity index is 426. The molecule has 7 heteroatoms. The van der Waals surface area contributed by atoms with Crippen molar-refractivity contribution in [2.75, 3.05) is 0 Å². The molecule has 0 heterocycles. The number of nitrogens with one attached hydrogen (secondary N) is 1. The van der Waals surface area contributed by atoms with Crippen LogP contribution in [0.15, 0.2) is 0 Å². The zero-order valence-corrected chi connectivity index (χ0v) is 10.4. The van der Waals surface area contributed by atoms with Crippen LogP contribution in [0.3, 0.4) is 0 Å². The van der Waals surface area contributed by atoms with Crippen LogP contribution in [0.25, 0.3) is 0 Å². The van der Waals surface area contributed by atoms with Crippen LogP contribution in [0.1, 0.15) is 32.6 Å². The zero-order valence-electron chi connectivity index (χ0n) is 9.59. The second-order valence-corrected chi connectivity index (χ2v) is 6.30. The molecule has 1 aliphatic rings. The molecule has 6 nitrogen and oxygen atoms in total. The van der Waals surface area contributed by atoms with E-state index in [4.69, 9.17) is 10.4 Å². The van der Waals surface area contributed by atoms with Gasteiger partial charge >= 0.3 is 5.97 Å². The van der Waals surface area contributed by atoms with Gasteiger partial charge in [0.15, 0.2) is 5.25 Å². The van der Waals surface area contributed by atoms with Crippen LogP contribution in [0.4, 0.5) is 0 Å². The summed E-state index contributed by atoms with van der Waals surface area (Å²) in [6, 6.07) is 1.05. The summed E-state index contributed by atoms with van der Waals surface area (Å²) in [7, 11) is -3.75. The molecule has 3 atom stereocenters. The lowest BCUT2D eigenvalue weighted by Crippen LogP contribution is -2.47. The molecule has 0 bridgehead atoms. The predicted octanol–water partition coefficient (Wildman–Crippen LogP) is 0.461. The summed E-state index contributed by atoms with van der Waals surface area (Å²) < 4.78 is 25.7. The van der Waals surface area contributed by atoms with Gasteiger partial charge in [0, 0.05) is 6.04 Å². The molecular weight excluding hydrogens is 244 g/mol. The zero-order chi connectivity index (χ0) is 13.1. The molecule has 1 fully saturated rings. The van der Waals surface area contributed by atoms with Gasteiger partial charge in [-0.2, -0.15) is 5.26 Å². The maximum Gasteiger partial charge on any atom is 0.308 e. The maximum atomic E-state index is 11.7. The lowest BCUT2D eigenvalue weighted by Gasteiger charge is -2.29. The Morgan fingerprint density at radius 1 is 1.47 bits per heavy atom. The van der Waals surface area contributed by atoms with E-state index in [-0.39, 0.29) is 0 Å². The van der Waals surface area contributed by atoms with Gasteiger partial charge in [-0.3, -0.25) is 4.79 Å². The van der Waals surface area contributed by atoms with E-state index >= 15 is 0 Å². The number of hydrogen-bond donors (Lipinski definition) is 2. The summed E-state index contributed by atoms with van der Waals surface area (Å²) in [6.07, 6.45) is 2.58. The SMILES string of the molecule is CC(C#N)S(=O)(=O)NC1CCCCC1C(=O)O. The highest BCUT2D eigenvalue weighted by atomic mass is 32.2. The monoisotopic (exact) mass is 260 g/mol. The molecule has 0 saturated heterocycles. The first-order valence-corrected chi connectivity index (χ1v) is 7.06. The van der Waals surface area contributed by atoms with Crippen LogP contribution in [0, 0.1) is 17.2 Å². The second-order valence-electron chi connectivity index (χ2n) is 4.27. The molecule has 0 aromatic carbocycles. The fourth-order valence-electron chi connectivity index (χ4n) is 1.95. The second kappa shape index (κ2) is 5.47. The van der Waals surface area contributed by atoms with Gasteiger partial charge in [-0.1, -0.05) is 12.8 Å². The van der Waals surface area contributed by atoms with E-state index in [2.05, 4.69) is 4.72 Å². The standard InChI is InChI=1S/C10H16N2O4S/c1-7(6-11)17(15,16)12-9-5-3-2-4-8(9)10(13)14/h7-9,12H,2-5H2,1H3,(H,13,14). The lowest BCUT2D eigenvalue weighted by molar-refractivity contribution is -0.143. The molecule has 1 aliphatic carbocycles. The van der Waals surface area contributed by atoms with Crippen molar-refractivity contribution >= 4 is 16.0 Å². The summed E-state index contributed by atoms with van der Waals surface area (Å²) in [5.74, 6) is -1.67. The van der Waals surface area contributed by atoms with Gasteiger partial charge in [0.25, 0.3) is 0 Å². The minimum Gasteiger partial charge on any atom is -0.481 e. The Hall–Kier alpha value is -1.13. The third-order valence-electron chi connectivity index (χ3n) is 3.05. The van der Waals surface area contributed by atoms with Gasteiger partial charge in [0.05, 0.1) is 12.0 Å². The van der Waals surface area contributed by atoms with Crippen LogP contribution in [0.5, 0.6) is 0 Å². The van der Waals surface area contributed by atoms with E-state index in [0.29, 0.717) is 12.8 Å². The number of aliphatic carboxylic acids is 1. The van der Waals surface area contributed by atoms with E-state index < -0.39 is 33.2 Å². The van der Waals surface area contributed by atoms with Crippen molar-refractivity contribution in [3.8, 4) is 6.07 Å². The van der Waals surface area contributed by atoms with E-state index in [1.807, 2.05) is 0 Å². The highest BCUT2D eigenvalue weighted by Gasteiger charge is 2.35. The summed E-state index contributed by atoms with van der Waals surface area (Å²) in [5, 5.41) is 16.4. The Morgan fingerprint density at radius 2 is 2.06 bits per heavy atom. The molecule has 0 spiro atoms. The molecule has 96 valence electrons. The van der Waals surface area contributed by atoms with Crippen molar-refractivity contribution in [1.82, 2.24) is 4.72 Å². The largest absolute Gasteiger partial charge is 0.481 e. The molecule has 0 aliphatic heterocycles. The van der Waals surface area contributed by atoms with E-state index in [1.165, 1.54) is 6.92 Å². The first-order chi connectivity index (χ1) is 7.88. The van der Waals surface area contributed by atoms with Gasteiger partial charge in [0.2, 0.25) is 10.0 Å².